The maximum absolute atomic E-state index is 15.3. The van der Waals surface area contributed by atoms with Crippen LogP contribution < -0.4 is 17.0 Å². The molecule has 5 heterocycles. The average molecular weight is 928 g/mol. The highest BCUT2D eigenvalue weighted by Gasteiger charge is 2.50. The lowest BCUT2D eigenvalue weighted by Gasteiger charge is -2.38. The van der Waals surface area contributed by atoms with E-state index in [1.165, 1.54) is 12.1 Å². The fourth-order valence-corrected chi connectivity index (χ4v) is 9.42. The quantitative estimate of drug-likeness (QED) is 0.0633. The minimum absolute atomic E-state index is 0.0399. The number of carbonyl (C=O) groups excluding carboxylic acids is 3. The number of nitrogens with two attached hydrogens (primary N) is 2. The first-order chi connectivity index (χ1) is 31.7. The molecule has 0 unspecified atom stereocenters. The topological polar surface area (TPSA) is 260 Å². The molecule has 0 radical (unpaired) electrons. The Morgan fingerprint density at radius 1 is 1.01 bits per heavy atom. The van der Waals surface area contributed by atoms with E-state index < -0.39 is 59.0 Å². The molecule has 0 bridgehead atoms. The number of carboxylic acids is 1. The van der Waals surface area contributed by atoms with Gasteiger partial charge in [0.25, 0.3) is 5.56 Å². The highest BCUT2D eigenvalue weighted by atomic mass is 19.4. The number of cyclic esters (lactones) is 1. The Labute approximate surface area is 376 Å². The maximum Gasteiger partial charge on any atom is 0.490 e. The molecule has 3 aromatic carbocycles. The maximum atomic E-state index is 15.3. The number of carbonyl (C=O) groups is 4. The van der Waals surface area contributed by atoms with Crippen molar-refractivity contribution in [1.29, 1.82) is 0 Å². The molecule has 2 aliphatic heterocycles. The zero-order valence-corrected chi connectivity index (χ0v) is 36.1. The molecular weight excluding hydrogens is 887 g/mol. The summed E-state index contributed by atoms with van der Waals surface area (Å²) in [5.74, 6) is -7.05. The van der Waals surface area contributed by atoms with Crippen LogP contribution in [-0.4, -0.2) is 66.6 Å². The first-order valence-corrected chi connectivity index (χ1v) is 20.9. The van der Waals surface area contributed by atoms with Crippen molar-refractivity contribution >= 4 is 34.8 Å². The van der Waals surface area contributed by atoms with Gasteiger partial charge in [-0.3, -0.25) is 14.4 Å². The molecule has 7 N–H and O–H groups in total. The Morgan fingerprint density at radius 2 is 1.72 bits per heavy atom. The number of alkyl halides is 3. The number of aromatic hydroxyl groups is 2. The summed E-state index contributed by atoms with van der Waals surface area (Å²) in [7, 11) is 0. The van der Waals surface area contributed by atoms with Gasteiger partial charge in [-0.2, -0.15) is 13.2 Å². The fourth-order valence-electron chi connectivity index (χ4n) is 9.42. The van der Waals surface area contributed by atoms with E-state index in [0.29, 0.717) is 46.4 Å². The Morgan fingerprint density at radius 3 is 2.37 bits per heavy atom. The van der Waals surface area contributed by atoms with Gasteiger partial charge in [-0.05, 0) is 83.2 Å². The Hall–Kier alpha value is -7.45. The number of aliphatic carboxylic acids is 1. The summed E-state index contributed by atoms with van der Waals surface area (Å²) in [5, 5.41) is 33.9. The number of fused-ring (bicyclic) bond motifs is 5. The number of esters is 3. The van der Waals surface area contributed by atoms with Crippen LogP contribution in [0.2, 0.25) is 0 Å². The van der Waals surface area contributed by atoms with E-state index in [-0.39, 0.29) is 76.7 Å². The standard InChI is InChI=1S/C45H40FN5O9.C2HF3O2/c1-5-45(27-9-7-6-8-22(27)38-40(43(56)59-35(54)16-47)50-60-41(38)24-12-23(19(2)3)33(52)15-34(24)53)28-13-32-39-25(17-51(32)42(55)26(28)18-58-44(45)57)36-30(48)11-10-21-20(4)29(46)14-31(49-39)37(21)36;3-2(4,5)1(6)7/h6-9,12-15,19,30,52-53H,5,10-11,16-18,47-48H2,1-4H3;(H,6,7)/t30-,45-;/m0./s1. The van der Waals surface area contributed by atoms with Crippen LogP contribution in [0, 0.1) is 12.7 Å². The summed E-state index contributed by atoms with van der Waals surface area (Å²) in [6, 6.07) is 12.0. The van der Waals surface area contributed by atoms with Crippen LogP contribution in [0.3, 0.4) is 0 Å². The van der Waals surface area contributed by atoms with E-state index >= 15 is 4.39 Å². The summed E-state index contributed by atoms with van der Waals surface area (Å²) < 4.78 is 65.3. The lowest BCUT2D eigenvalue weighted by atomic mass is 9.67. The molecule has 6 aromatic rings. The number of halogens is 4. The molecule has 9 rings (SSSR count). The SMILES string of the molecule is CC[C@@]1(c2ccccc2-c2c(C(=O)OC(=O)CN)noc2-c2cc(C(C)C)c(O)cc2O)C(=O)OCc2c1cc1n(c2=O)Cc2c-1nc1cc(F)c(C)c3c1c2[C@@H](N)CC3.O=C(O)C(F)(F)F. The number of hydrogen-bond donors (Lipinski definition) is 5. The number of aromatic nitrogens is 3. The summed E-state index contributed by atoms with van der Waals surface area (Å²) in [4.78, 5) is 69.2. The van der Waals surface area contributed by atoms with Gasteiger partial charge < -0.3 is 45.4 Å². The average Bonchev–Trinajstić information content (AvgIpc) is 3.88. The van der Waals surface area contributed by atoms with Crippen LogP contribution in [0.15, 0.2) is 57.8 Å². The van der Waals surface area contributed by atoms with Crippen molar-refractivity contribution in [3.05, 3.63) is 115 Å². The van der Waals surface area contributed by atoms with Crippen molar-refractivity contribution in [3.63, 3.8) is 0 Å². The van der Waals surface area contributed by atoms with E-state index in [1.807, 2.05) is 13.8 Å². The zero-order chi connectivity index (χ0) is 48.6. The molecule has 67 heavy (non-hydrogen) atoms. The van der Waals surface area contributed by atoms with Gasteiger partial charge in [0.15, 0.2) is 11.5 Å². The smallest absolute Gasteiger partial charge is 0.490 e. The van der Waals surface area contributed by atoms with Gasteiger partial charge in [0.2, 0.25) is 0 Å². The second kappa shape index (κ2) is 16.8. The molecule has 0 fully saturated rings. The van der Waals surface area contributed by atoms with E-state index in [4.69, 9.17) is 40.3 Å². The first kappa shape index (κ1) is 46.1. The van der Waals surface area contributed by atoms with Crippen molar-refractivity contribution in [2.45, 2.75) is 83.7 Å². The number of ether oxygens (including phenoxy) is 2. The number of phenols is 2. The normalized spacial score (nSPS) is 17.0. The Kier molecular flexibility index (Phi) is 11.5. The summed E-state index contributed by atoms with van der Waals surface area (Å²) in [6.07, 6.45) is -3.85. The molecule has 348 valence electrons. The molecule has 1 aliphatic carbocycles. The number of nitrogens with zero attached hydrogens (tertiary/aromatic N) is 3. The van der Waals surface area contributed by atoms with Crippen LogP contribution in [-0.2, 0) is 48.8 Å². The van der Waals surface area contributed by atoms with Crippen molar-refractivity contribution in [3.8, 4) is 45.3 Å². The fraction of sp³-hybridized carbons (Fsp3) is 0.298. The molecule has 3 aliphatic rings. The van der Waals surface area contributed by atoms with Gasteiger partial charge >= 0.3 is 30.1 Å². The van der Waals surface area contributed by atoms with Gasteiger partial charge in [0.1, 0.15) is 29.3 Å². The van der Waals surface area contributed by atoms with Crippen LogP contribution in [0.25, 0.3) is 44.7 Å². The molecule has 20 heteroatoms. The lowest BCUT2D eigenvalue weighted by molar-refractivity contribution is -0.192. The third-order valence-electron chi connectivity index (χ3n) is 12.6. The molecule has 3 aromatic heterocycles. The van der Waals surface area contributed by atoms with Crippen LogP contribution >= 0.6 is 0 Å². The Bertz CT molecular complexity index is 3180. The lowest BCUT2D eigenvalue weighted by Crippen LogP contribution is -2.45. The monoisotopic (exact) mass is 927 g/mol. The predicted molar refractivity (Wildman–Crippen MR) is 229 cm³/mol. The molecule has 0 saturated carbocycles. The van der Waals surface area contributed by atoms with Crippen molar-refractivity contribution in [2.24, 2.45) is 11.5 Å². The summed E-state index contributed by atoms with van der Waals surface area (Å²) in [6.45, 7) is 6.40. The van der Waals surface area contributed by atoms with Crippen LogP contribution in [0.5, 0.6) is 11.5 Å². The zero-order valence-electron chi connectivity index (χ0n) is 36.1. The number of phenolic OH excluding ortho intramolecular Hbond substituents is 2. The van der Waals surface area contributed by atoms with Gasteiger partial charge in [-0.25, -0.2) is 19.0 Å². The number of rotatable bonds is 7. The van der Waals surface area contributed by atoms with Crippen molar-refractivity contribution < 1.29 is 66.1 Å². The van der Waals surface area contributed by atoms with E-state index in [1.54, 1.807) is 48.7 Å². The minimum atomic E-state index is -5.08. The largest absolute Gasteiger partial charge is 0.508 e. The van der Waals surface area contributed by atoms with Gasteiger partial charge in [0.05, 0.1) is 46.7 Å². The second-order valence-corrected chi connectivity index (χ2v) is 16.6. The first-order valence-electron chi connectivity index (χ1n) is 20.9. The Balaban J connectivity index is 0.000000807. The third-order valence-corrected chi connectivity index (χ3v) is 12.6. The number of pyridine rings is 2. The van der Waals surface area contributed by atoms with E-state index in [2.05, 4.69) is 5.16 Å². The number of carboxylic acid groups (broad SMARTS) is 1. The van der Waals surface area contributed by atoms with Gasteiger partial charge in [-0.15, -0.1) is 0 Å². The molecule has 2 atom stereocenters. The predicted octanol–water partition coefficient (Wildman–Crippen LogP) is 6.70. The molecule has 0 saturated heterocycles. The highest BCUT2D eigenvalue weighted by Crippen LogP contribution is 2.51. The molecular formula is C47H41F4N5O11. The number of hydrogen-bond acceptors (Lipinski definition) is 14. The van der Waals surface area contributed by atoms with Crippen LogP contribution in [0.1, 0.15) is 101 Å². The van der Waals surface area contributed by atoms with Crippen molar-refractivity contribution in [1.82, 2.24) is 14.7 Å². The third kappa shape index (κ3) is 7.36. The molecule has 0 spiro atoms. The summed E-state index contributed by atoms with van der Waals surface area (Å²) >= 11 is 0. The molecule has 16 nitrogen and oxygen atoms in total. The van der Waals surface area contributed by atoms with E-state index in [0.717, 1.165) is 28.1 Å². The van der Waals surface area contributed by atoms with Gasteiger partial charge in [0, 0.05) is 29.1 Å². The molecule has 0 amide bonds. The highest BCUT2D eigenvalue weighted by molar-refractivity contribution is 6.05. The summed E-state index contributed by atoms with van der Waals surface area (Å²) in [5.41, 5.74) is 15.4. The second-order valence-electron chi connectivity index (χ2n) is 16.6. The minimum Gasteiger partial charge on any atom is -0.508 e. The van der Waals surface area contributed by atoms with Crippen LogP contribution in [0.4, 0.5) is 17.6 Å². The van der Waals surface area contributed by atoms with Gasteiger partial charge in [-0.1, -0.05) is 50.2 Å². The number of aryl methyl sites for hydroxylation is 1. The van der Waals surface area contributed by atoms with E-state index in [9.17, 15) is 42.6 Å². The van der Waals surface area contributed by atoms with Crippen molar-refractivity contribution in [2.75, 3.05) is 6.54 Å². The number of benzene rings is 3.